The second-order valence-corrected chi connectivity index (χ2v) is 4.49. The van der Waals surface area contributed by atoms with Crippen molar-refractivity contribution in [2.45, 2.75) is 0 Å². The van der Waals surface area contributed by atoms with Gasteiger partial charge in [-0.05, 0) is 30.3 Å². The van der Waals surface area contributed by atoms with Crippen molar-refractivity contribution in [2.24, 2.45) is 0 Å². The van der Waals surface area contributed by atoms with E-state index in [4.69, 9.17) is 16.3 Å². The zero-order chi connectivity index (χ0) is 15.2. The Bertz CT molecular complexity index is 655. The molecule has 2 rings (SSSR count). The minimum Gasteiger partial charge on any atom is -0.485 e. The maximum absolute atomic E-state index is 11.9. The molecule has 0 aliphatic rings. The van der Waals surface area contributed by atoms with Gasteiger partial charge in [0.2, 0.25) is 5.78 Å². The highest BCUT2D eigenvalue weighted by atomic mass is 35.5. The number of halogens is 1. The summed E-state index contributed by atoms with van der Waals surface area (Å²) in [7, 11) is 1.30. The van der Waals surface area contributed by atoms with E-state index in [1.807, 2.05) is 0 Å². The van der Waals surface area contributed by atoms with Gasteiger partial charge in [-0.1, -0.05) is 17.7 Å². The Morgan fingerprint density at radius 2 is 2.00 bits per heavy atom. The van der Waals surface area contributed by atoms with E-state index in [2.05, 4.69) is 9.72 Å². The third-order valence-electron chi connectivity index (χ3n) is 2.67. The van der Waals surface area contributed by atoms with Crippen molar-refractivity contribution >= 4 is 23.4 Å². The Labute approximate surface area is 126 Å². The van der Waals surface area contributed by atoms with Crippen LogP contribution in [-0.4, -0.2) is 30.5 Å². The number of methoxy groups -OCH3 is 1. The number of carbonyl (C=O) groups is 2. The molecule has 0 atom stereocenters. The molecule has 0 spiro atoms. The molecule has 0 saturated carbocycles. The van der Waals surface area contributed by atoms with Gasteiger partial charge in [0, 0.05) is 11.8 Å². The molecule has 2 aromatic rings. The maximum atomic E-state index is 11.9. The number of ketones is 1. The van der Waals surface area contributed by atoms with Gasteiger partial charge in [0.05, 0.1) is 12.7 Å². The Morgan fingerprint density at radius 1 is 1.19 bits per heavy atom. The topological polar surface area (TPSA) is 65.5 Å². The van der Waals surface area contributed by atoms with E-state index in [-0.39, 0.29) is 12.4 Å². The first kappa shape index (κ1) is 15.0. The number of nitrogens with zero attached hydrogens (tertiary/aromatic N) is 1. The predicted molar refractivity (Wildman–Crippen MR) is 76.9 cm³/mol. The smallest absolute Gasteiger partial charge is 0.337 e. The molecule has 1 heterocycles. The minimum absolute atomic E-state index is 0.159. The third kappa shape index (κ3) is 4.03. The van der Waals surface area contributed by atoms with Crippen molar-refractivity contribution in [1.82, 2.24) is 4.98 Å². The summed E-state index contributed by atoms with van der Waals surface area (Å²) in [6.07, 6.45) is 1.39. The Morgan fingerprint density at radius 3 is 2.67 bits per heavy atom. The first-order valence-electron chi connectivity index (χ1n) is 6.06. The summed E-state index contributed by atoms with van der Waals surface area (Å²) in [5.41, 5.74) is 0.763. The molecule has 0 saturated heterocycles. The van der Waals surface area contributed by atoms with E-state index in [1.54, 1.807) is 24.3 Å². The fourth-order valence-electron chi connectivity index (χ4n) is 1.60. The lowest BCUT2D eigenvalue weighted by Crippen LogP contribution is -2.12. The standard InChI is InChI=1S/C15H12ClNO4/c1-20-15(19)10-3-2-4-12(7-10)21-9-13(18)11-5-6-14(16)17-8-11/h2-8H,9H2,1H3. The highest BCUT2D eigenvalue weighted by Crippen LogP contribution is 2.15. The van der Waals surface area contributed by atoms with Gasteiger partial charge >= 0.3 is 5.97 Å². The van der Waals surface area contributed by atoms with Gasteiger partial charge in [-0.25, -0.2) is 9.78 Å². The summed E-state index contributed by atoms with van der Waals surface area (Å²) in [6, 6.07) is 9.52. The molecule has 1 aromatic carbocycles. The second kappa shape index (κ2) is 6.85. The molecule has 0 bridgehead atoms. The first-order chi connectivity index (χ1) is 10.1. The third-order valence-corrected chi connectivity index (χ3v) is 2.90. The van der Waals surface area contributed by atoms with E-state index in [9.17, 15) is 9.59 Å². The maximum Gasteiger partial charge on any atom is 0.337 e. The quantitative estimate of drug-likeness (QED) is 0.483. The summed E-state index contributed by atoms with van der Waals surface area (Å²) in [5.74, 6) is -0.288. The number of Topliss-reactive ketones (excluding diaryl/α,β-unsaturated/α-hetero) is 1. The van der Waals surface area contributed by atoms with Crippen LogP contribution in [0.2, 0.25) is 5.15 Å². The Hall–Kier alpha value is -2.40. The van der Waals surface area contributed by atoms with Crippen LogP contribution < -0.4 is 4.74 Å². The van der Waals surface area contributed by atoms with Crippen molar-refractivity contribution < 1.29 is 19.1 Å². The molecule has 5 nitrogen and oxygen atoms in total. The minimum atomic E-state index is -0.464. The number of benzene rings is 1. The summed E-state index contributed by atoms with van der Waals surface area (Å²) in [5, 5.41) is 0.318. The number of hydrogen-bond acceptors (Lipinski definition) is 5. The van der Waals surface area contributed by atoms with Crippen LogP contribution in [0.3, 0.4) is 0 Å². The molecule has 21 heavy (non-hydrogen) atoms. The van der Waals surface area contributed by atoms with Crippen LogP contribution in [0, 0.1) is 0 Å². The van der Waals surface area contributed by atoms with Gasteiger partial charge in [-0.3, -0.25) is 4.79 Å². The van der Waals surface area contributed by atoms with Crippen LogP contribution in [0.5, 0.6) is 5.75 Å². The van der Waals surface area contributed by atoms with Crippen LogP contribution in [0.25, 0.3) is 0 Å². The molecule has 0 N–H and O–H groups in total. The molecule has 0 amide bonds. The molecular formula is C15H12ClNO4. The predicted octanol–water partition coefficient (Wildman–Crippen LogP) is 2.78. The second-order valence-electron chi connectivity index (χ2n) is 4.10. The van der Waals surface area contributed by atoms with Gasteiger partial charge in [-0.15, -0.1) is 0 Å². The van der Waals surface area contributed by atoms with Gasteiger partial charge in [0.1, 0.15) is 10.9 Å². The number of aromatic nitrogens is 1. The lowest BCUT2D eigenvalue weighted by Gasteiger charge is -2.07. The highest BCUT2D eigenvalue weighted by molar-refractivity contribution is 6.29. The summed E-state index contributed by atoms with van der Waals surface area (Å²) < 4.78 is 9.98. The van der Waals surface area contributed by atoms with Crippen LogP contribution in [-0.2, 0) is 4.74 Å². The lowest BCUT2D eigenvalue weighted by atomic mass is 10.2. The number of hydrogen-bond donors (Lipinski definition) is 0. The molecular weight excluding hydrogens is 294 g/mol. The number of ether oxygens (including phenoxy) is 2. The SMILES string of the molecule is COC(=O)c1cccc(OCC(=O)c2ccc(Cl)nc2)c1. The number of rotatable bonds is 5. The molecule has 1 aromatic heterocycles. The molecule has 0 unspecified atom stereocenters. The first-order valence-corrected chi connectivity index (χ1v) is 6.44. The number of carbonyl (C=O) groups excluding carboxylic acids is 2. The zero-order valence-corrected chi connectivity index (χ0v) is 12.0. The molecule has 108 valence electrons. The number of esters is 1. The van der Waals surface area contributed by atoms with Gasteiger partial charge in [0.15, 0.2) is 6.61 Å². The van der Waals surface area contributed by atoms with E-state index >= 15 is 0 Å². The van der Waals surface area contributed by atoms with Crippen LogP contribution in [0.1, 0.15) is 20.7 Å². The van der Waals surface area contributed by atoms with Gasteiger partial charge < -0.3 is 9.47 Å². The normalized spacial score (nSPS) is 10.0. The van der Waals surface area contributed by atoms with E-state index in [0.29, 0.717) is 22.0 Å². The molecule has 0 aliphatic heterocycles. The molecule has 6 heteroatoms. The molecule has 0 radical (unpaired) electrons. The van der Waals surface area contributed by atoms with Crippen LogP contribution in [0.15, 0.2) is 42.6 Å². The van der Waals surface area contributed by atoms with Crippen molar-refractivity contribution in [3.05, 3.63) is 58.9 Å². The van der Waals surface area contributed by atoms with Crippen molar-refractivity contribution in [1.29, 1.82) is 0 Å². The number of pyridine rings is 1. The average molecular weight is 306 g/mol. The molecule has 0 fully saturated rings. The molecule has 0 aliphatic carbocycles. The van der Waals surface area contributed by atoms with E-state index in [0.717, 1.165) is 0 Å². The fraction of sp³-hybridized carbons (Fsp3) is 0.133. The van der Waals surface area contributed by atoms with E-state index < -0.39 is 5.97 Å². The van der Waals surface area contributed by atoms with Crippen molar-refractivity contribution in [2.75, 3.05) is 13.7 Å². The van der Waals surface area contributed by atoms with Crippen LogP contribution >= 0.6 is 11.6 Å². The largest absolute Gasteiger partial charge is 0.485 e. The van der Waals surface area contributed by atoms with Gasteiger partial charge in [0.25, 0.3) is 0 Å². The summed E-state index contributed by atoms with van der Waals surface area (Å²) in [4.78, 5) is 27.1. The Kier molecular flexibility index (Phi) is 4.90. The Balaban J connectivity index is 2.01. The van der Waals surface area contributed by atoms with Crippen molar-refractivity contribution in [3.63, 3.8) is 0 Å². The summed E-state index contributed by atoms with van der Waals surface area (Å²) >= 11 is 5.65. The zero-order valence-electron chi connectivity index (χ0n) is 11.2. The monoisotopic (exact) mass is 305 g/mol. The highest BCUT2D eigenvalue weighted by Gasteiger charge is 2.09. The van der Waals surface area contributed by atoms with E-state index in [1.165, 1.54) is 25.4 Å². The lowest BCUT2D eigenvalue weighted by molar-refractivity contribution is 0.0600. The average Bonchev–Trinajstić information content (AvgIpc) is 2.52. The fourth-order valence-corrected chi connectivity index (χ4v) is 1.72. The van der Waals surface area contributed by atoms with Crippen molar-refractivity contribution in [3.8, 4) is 5.75 Å². The van der Waals surface area contributed by atoms with Gasteiger partial charge in [-0.2, -0.15) is 0 Å². The summed E-state index contributed by atoms with van der Waals surface area (Å²) in [6.45, 7) is -0.159. The van der Waals surface area contributed by atoms with Crippen LogP contribution in [0.4, 0.5) is 0 Å².